The Balaban J connectivity index is 1.78. The summed E-state index contributed by atoms with van der Waals surface area (Å²) < 4.78 is 10.4. The van der Waals surface area contributed by atoms with Gasteiger partial charge in [0.05, 0.1) is 6.61 Å². The van der Waals surface area contributed by atoms with Gasteiger partial charge in [-0.3, -0.25) is 9.59 Å². The summed E-state index contributed by atoms with van der Waals surface area (Å²) in [6.45, 7) is 10.8. The number of rotatable bonds is 9. The van der Waals surface area contributed by atoms with Crippen LogP contribution in [-0.2, 0) is 25.5 Å². The van der Waals surface area contributed by atoms with E-state index in [-0.39, 0.29) is 24.9 Å². The van der Waals surface area contributed by atoms with Crippen molar-refractivity contribution in [2.24, 2.45) is 5.92 Å². The summed E-state index contributed by atoms with van der Waals surface area (Å²) >= 11 is 0. The first-order chi connectivity index (χ1) is 18.3. The molecular weight excluding hydrogens is 500 g/mol. The molecule has 0 aliphatic carbocycles. The molecule has 1 atom stereocenters. The third kappa shape index (κ3) is 8.59. The third-order valence-corrected chi connectivity index (χ3v) is 5.58. The number of fused-ring (bicyclic) bond motifs is 1. The lowest BCUT2D eigenvalue weighted by Gasteiger charge is -2.23. The Hall–Kier alpha value is -4.34. The number of benzene rings is 2. The molecule has 0 radical (unpaired) electrons. The van der Waals surface area contributed by atoms with Crippen molar-refractivity contribution in [3.63, 3.8) is 0 Å². The number of aromatic nitrogens is 1. The van der Waals surface area contributed by atoms with Crippen LogP contribution in [0.5, 0.6) is 0 Å². The minimum atomic E-state index is -0.951. The first-order valence-electron chi connectivity index (χ1n) is 12.8. The number of esters is 1. The van der Waals surface area contributed by atoms with Gasteiger partial charge in [0, 0.05) is 34.6 Å². The van der Waals surface area contributed by atoms with Gasteiger partial charge in [0.15, 0.2) is 0 Å². The van der Waals surface area contributed by atoms with E-state index in [1.54, 1.807) is 76.2 Å². The molecule has 0 aliphatic rings. The SMILES string of the molecule is CCOC(=O)c1cc2cc(NC(=O)[C@H](Cc3ccc(NC(=O)C(C)C)cc3)NC(=O)OC(C)(C)C)ccc2[nH]1. The molecule has 0 saturated carbocycles. The highest BCUT2D eigenvalue weighted by Gasteiger charge is 2.25. The van der Waals surface area contributed by atoms with Crippen molar-refractivity contribution >= 4 is 46.2 Å². The predicted octanol–water partition coefficient (Wildman–Crippen LogP) is 5.01. The minimum Gasteiger partial charge on any atom is -0.461 e. The van der Waals surface area contributed by atoms with Crippen LogP contribution in [0.4, 0.5) is 16.2 Å². The Morgan fingerprint density at radius 2 is 1.54 bits per heavy atom. The summed E-state index contributed by atoms with van der Waals surface area (Å²) in [7, 11) is 0. The number of hydrogen-bond acceptors (Lipinski definition) is 6. The first kappa shape index (κ1) is 29.2. The zero-order chi connectivity index (χ0) is 28.7. The zero-order valence-electron chi connectivity index (χ0n) is 23.1. The van der Waals surface area contributed by atoms with E-state index in [1.807, 2.05) is 13.8 Å². The monoisotopic (exact) mass is 536 g/mol. The summed E-state index contributed by atoms with van der Waals surface area (Å²) in [5.74, 6) is -1.16. The summed E-state index contributed by atoms with van der Waals surface area (Å²) in [6, 6.07) is 12.9. The van der Waals surface area contributed by atoms with Gasteiger partial charge in [-0.25, -0.2) is 9.59 Å². The molecule has 0 aliphatic heterocycles. The van der Waals surface area contributed by atoms with E-state index in [1.165, 1.54) is 0 Å². The molecule has 208 valence electrons. The minimum absolute atomic E-state index is 0.0969. The number of carbonyl (C=O) groups excluding carboxylic acids is 4. The van der Waals surface area contributed by atoms with E-state index in [9.17, 15) is 19.2 Å². The van der Waals surface area contributed by atoms with Crippen LogP contribution >= 0.6 is 0 Å². The van der Waals surface area contributed by atoms with Gasteiger partial charge in [-0.05, 0) is 69.7 Å². The summed E-state index contributed by atoms with van der Waals surface area (Å²) in [5.41, 5.74) is 2.19. The standard InChI is InChI=1S/C29H36N4O6/c1-7-38-27(36)24-16-19-15-21(12-13-22(19)32-24)31-26(35)23(33-28(37)39-29(4,5)6)14-18-8-10-20(11-9-18)30-25(34)17(2)3/h8-13,15-17,23,32H,7,14H2,1-6H3,(H,30,34)(H,31,35)(H,33,37)/t23-/m0/s1. The number of ether oxygens (including phenoxy) is 2. The molecular formula is C29H36N4O6. The van der Waals surface area contributed by atoms with Crippen molar-refractivity contribution < 1.29 is 28.7 Å². The van der Waals surface area contributed by atoms with Gasteiger partial charge >= 0.3 is 12.1 Å². The molecule has 2 aromatic carbocycles. The van der Waals surface area contributed by atoms with Crippen LogP contribution < -0.4 is 16.0 Å². The van der Waals surface area contributed by atoms with E-state index in [0.717, 1.165) is 5.56 Å². The fourth-order valence-electron chi connectivity index (χ4n) is 3.66. The van der Waals surface area contributed by atoms with Crippen molar-refractivity contribution in [3.8, 4) is 0 Å². The average Bonchev–Trinajstić information content (AvgIpc) is 3.27. The van der Waals surface area contributed by atoms with Crippen molar-refractivity contribution in [1.82, 2.24) is 10.3 Å². The molecule has 4 N–H and O–H groups in total. The maximum atomic E-state index is 13.3. The quantitative estimate of drug-likeness (QED) is 0.284. The zero-order valence-corrected chi connectivity index (χ0v) is 23.1. The van der Waals surface area contributed by atoms with Crippen LogP contribution in [0.2, 0.25) is 0 Å². The Morgan fingerprint density at radius 1 is 0.897 bits per heavy atom. The second-order valence-corrected chi connectivity index (χ2v) is 10.4. The van der Waals surface area contributed by atoms with Gasteiger partial charge in [0.1, 0.15) is 17.3 Å². The molecule has 3 rings (SSSR count). The Labute approximate surface area is 227 Å². The number of amides is 3. The van der Waals surface area contributed by atoms with Crippen molar-refractivity contribution in [1.29, 1.82) is 0 Å². The topological polar surface area (TPSA) is 139 Å². The molecule has 10 nitrogen and oxygen atoms in total. The lowest BCUT2D eigenvalue weighted by Crippen LogP contribution is -2.47. The molecule has 0 spiro atoms. The summed E-state index contributed by atoms with van der Waals surface area (Å²) in [6.07, 6.45) is -0.535. The Bertz CT molecular complexity index is 1340. The molecule has 10 heteroatoms. The number of H-pyrrole nitrogens is 1. The summed E-state index contributed by atoms with van der Waals surface area (Å²) in [5, 5.41) is 9.04. The number of hydrogen-bond donors (Lipinski definition) is 4. The number of carbonyl (C=O) groups is 4. The average molecular weight is 537 g/mol. The Kier molecular flexibility index (Phi) is 9.34. The molecule has 1 aromatic heterocycles. The van der Waals surface area contributed by atoms with Crippen molar-refractivity contribution in [3.05, 3.63) is 59.8 Å². The molecule has 39 heavy (non-hydrogen) atoms. The number of nitrogens with one attached hydrogen (secondary N) is 4. The molecule has 3 amide bonds. The highest BCUT2D eigenvalue weighted by molar-refractivity contribution is 6.00. The normalized spacial score (nSPS) is 12.1. The number of anilines is 2. The van der Waals surface area contributed by atoms with Crippen LogP contribution in [0, 0.1) is 5.92 Å². The van der Waals surface area contributed by atoms with E-state index in [2.05, 4.69) is 20.9 Å². The second kappa shape index (κ2) is 12.5. The largest absolute Gasteiger partial charge is 0.461 e. The van der Waals surface area contributed by atoms with E-state index >= 15 is 0 Å². The van der Waals surface area contributed by atoms with Gasteiger partial charge in [-0.15, -0.1) is 0 Å². The van der Waals surface area contributed by atoms with Gasteiger partial charge < -0.3 is 30.4 Å². The van der Waals surface area contributed by atoms with Gasteiger partial charge in [0.25, 0.3) is 0 Å². The molecule has 0 unspecified atom stereocenters. The molecule has 0 saturated heterocycles. The molecule has 0 bridgehead atoms. The number of alkyl carbamates (subject to hydrolysis) is 1. The van der Waals surface area contributed by atoms with Crippen LogP contribution in [-0.4, -0.2) is 47.1 Å². The third-order valence-electron chi connectivity index (χ3n) is 5.58. The van der Waals surface area contributed by atoms with E-state index < -0.39 is 29.6 Å². The van der Waals surface area contributed by atoms with Crippen molar-refractivity contribution in [2.45, 2.75) is 59.6 Å². The lowest BCUT2D eigenvalue weighted by molar-refractivity contribution is -0.119. The maximum absolute atomic E-state index is 13.3. The van der Waals surface area contributed by atoms with Crippen LogP contribution in [0.25, 0.3) is 10.9 Å². The lowest BCUT2D eigenvalue weighted by atomic mass is 10.0. The Morgan fingerprint density at radius 3 is 2.15 bits per heavy atom. The van der Waals surface area contributed by atoms with Gasteiger partial charge in [0.2, 0.25) is 11.8 Å². The number of aromatic amines is 1. The van der Waals surface area contributed by atoms with E-state index in [0.29, 0.717) is 28.0 Å². The van der Waals surface area contributed by atoms with Gasteiger partial charge in [-0.2, -0.15) is 0 Å². The molecule has 0 fully saturated rings. The maximum Gasteiger partial charge on any atom is 0.408 e. The molecule has 3 aromatic rings. The van der Waals surface area contributed by atoms with E-state index in [4.69, 9.17) is 9.47 Å². The highest BCUT2D eigenvalue weighted by Crippen LogP contribution is 2.21. The summed E-state index contributed by atoms with van der Waals surface area (Å²) in [4.78, 5) is 52.9. The predicted molar refractivity (Wildman–Crippen MR) is 150 cm³/mol. The second-order valence-electron chi connectivity index (χ2n) is 10.4. The fraction of sp³-hybridized carbons (Fsp3) is 0.379. The smallest absolute Gasteiger partial charge is 0.408 e. The highest BCUT2D eigenvalue weighted by atomic mass is 16.6. The van der Waals surface area contributed by atoms with Crippen LogP contribution in [0.1, 0.15) is 57.6 Å². The molecule has 1 heterocycles. The van der Waals surface area contributed by atoms with Crippen molar-refractivity contribution in [2.75, 3.05) is 17.2 Å². The first-order valence-corrected chi connectivity index (χ1v) is 12.8. The van der Waals surface area contributed by atoms with Gasteiger partial charge in [-0.1, -0.05) is 26.0 Å². The van der Waals surface area contributed by atoms with Crippen LogP contribution in [0.15, 0.2) is 48.5 Å². The van der Waals surface area contributed by atoms with Crippen LogP contribution in [0.3, 0.4) is 0 Å². The fourth-order valence-corrected chi connectivity index (χ4v) is 3.66.